The van der Waals surface area contributed by atoms with Gasteiger partial charge in [-0.2, -0.15) is 0 Å². The van der Waals surface area contributed by atoms with Gasteiger partial charge in [0.25, 0.3) is 0 Å². The predicted molar refractivity (Wildman–Crippen MR) is 102 cm³/mol. The maximum absolute atomic E-state index is 6.13. The van der Waals surface area contributed by atoms with Crippen LogP contribution < -0.4 is 9.64 Å². The number of thioether (sulfide) groups is 1. The van der Waals surface area contributed by atoms with Crippen molar-refractivity contribution >= 4 is 40.9 Å². The smallest absolute Gasteiger partial charge is 0.228 e. The standard InChI is InChI=1S/C17H20Cl2N4OS/c18-12-3-6-15(14(19)11-12)24-9-10-25-17-21-20-16(22-7-1-2-8-22)23(17)13-4-5-13/h3,6,11,13H,1-2,4-5,7-10H2. The minimum Gasteiger partial charge on any atom is -0.491 e. The average Bonchev–Trinajstić information content (AvgIpc) is 3.12. The molecular weight excluding hydrogens is 379 g/mol. The molecule has 0 unspecified atom stereocenters. The molecule has 2 fully saturated rings. The van der Waals surface area contributed by atoms with Crippen LogP contribution in [0.4, 0.5) is 5.95 Å². The summed E-state index contributed by atoms with van der Waals surface area (Å²) in [6, 6.07) is 5.84. The lowest BCUT2D eigenvalue weighted by atomic mass is 10.3. The van der Waals surface area contributed by atoms with Gasteiger partial charge in [0.2, 0.25) is 5.95 Å². The van der Waals surface area contributed by atoms with Gasteiger partial charge in [0.15, 0.2) is 5.16 Å². The van der Waals surface area contributed by atoms with Crippen molar-refractivity contribution in [1.82, 2.24) is 14.8 Å². The summed E-state index contributed by atoms with van der Waals surface area (Å²) < 4.78 is 8.08. The number of ether oxygens (including phenoxy) is 1. The maximum Gasteiger partial charge on any atom is 0.228 e. The third kappa shape index (κ3) is 4.01. The Morgan fingerprint density at radius 2 is 1.96 bits per heavy atom. The molecule has 0 spiro atoms. The Morgan fingerprint density at radius 1 is 1.16 bits per heavy atom. The van der Waals surface area contributed by atoms with Gasteiger partial charge in [0.1, 0.15) is 5.75 Å². The first kappa shape index (κ1) is 17.3. The first-order valence-corrected chi connectivity index (χ1v) is 10.4. The van der Waals surface area contributed by atoms with Crippen molar-refractivity contribution in [1.29, 1.82) is 0 Å². The largest absolute Gasteiger partial charge is 0.491 e. The highest BCUT2D eigenvalue weighted by atomic mass is 35.5. The molecule has 1 aliphatic carbocycles. The fourth-order valence-corrected chi connectivity index (χ4v) is 4.31. The van der Waals surface area contributed by atoms with Gasteiger partial charge in [-0.25, -0.2) is 0 Å². The van der Waals surface area contributed by atoms with Gasteiger partial charge in [-0.1, -0.05) is 35.0 Å². The molecule has 0 N–H and O–H groups in total. The molecule has 0 radical (unpaired) electrons. The van der Waals surface area contributed by atoms with Gasteiger partial charge >= 0.3 is 0 Å². The van der Waals surface area contributed by atoms with E-state index in [0.29, 0.717) is 28.4 Å². The minimum atomic E-state index is 0.537. The molecule has 5 nitrogen and oxygen atoms in total. The van der Waals surface area contributed by atoms with Crippen molar-refractivity contribution in [3.05, 3.63) is 28.2 Å². The van der Waals surface area contributed by atoms with Crippen LogP contribution in [0.15, 0.2) is 23.4 Å². The summed E-state index contributed by atoms with van der Waals surface area (Å²) in [5.41, 5.74) is 0. The lowest BCUT2D eigenvalue weighted by Gasteiger charge is -2.18. The van der Waals surface area contributed by atoms with Crippen LogP contribution in [0.3, 0.4) is 0 Å². The van der Waals surface area contributed by atoms with Crippen molar-refractivity contribution in [3.63, 3.8) is 0 Å². The quantitative estimate of drug-likeness (QED) is 0.499. The minimum absolute atomic E-state index is 0.537. The SMILES string of the molecule is Clc1ccc(OCCSc2nnc(N3CCCC3)n2C2CC2)c(Cl)c1. The molecule has 4 rings (SSSR count). The average molecular weight is 399 g/mol. The Labute approximate surface area is 161 Å². The topological polar surface area (TPSA) is 43.2 Å². The zero-order valence-electron chi connectivity index (χ0n) is 13.8. The van der Waals surface area contributed by atoms with E-state index in [1.54, 1.807) is 30.0 Å². The van der Waals surface area contributed by atoms with E-state index in [0.717, 1.165) is 29.9 Å². The summed E-state index contributed by atoms with van der Waals surface area (Å²) in [7, 11) is 0. The Morgan fingerprint density at radius 3 is 2.68 bits per heavy atom. The highest BCUT2D eigenvalue weighted by Gasteiger charge is 2.32. The van der Waals surface area contributed by atoms with Gasteiger partial charge < -0.3 is 9.64 Å². The van der Waals surface area contributed by atoms with E-state index in [9.17, 15) is 0 Å². The number of hydrogen-bond acceptors (Lipinski definition) is 5. The van der Waals surface area contributed by atoms with E-state index >= 15 is 0 Å². The summed E-state index contributed by atoms with van der Waals surface area (Å²) in [5, 5.41) is 11.0. The molecule has 1 aliphatic heterocycles. The molecule has 25 heavy (non-hydrogen) atoms. The molecule has 2 heterocycles. The van der Waals surface area contributed by atoms with E-state index in [-0.39, 0.29) is 0 Å². The number of halogens is 2. The van der Waals surface area contributed by atoms with Gasteiger partial charge in [0, 0.05) is 29.9 Å². The fraction of sp³-hybridized carbons (Fsp3) is 0.529. The van der Waals surface area contributed by atoms with Crippen LogP contribution in [0.1, 0.15) is 31.7 Å². The summed E-state index contributed by atoms with van der Waals surface area (Å²) in [5.74, 6) is 2.50. The lowest BCUT2D eigenvalue weighted by molar-refractivity contribution is 0.344. The number of nitrogens with zero attached hydrogens (tertiary/aromatic N) is 4. The van der Waals surface area contributed by atoms with Gasteiger partial charge in [-0.3, -0.25) is 4.57 Å². The van der Waals surface area contributed by atoms with Gasteiger partial charge in [0.05, 0.1) is 11.6 Å². The lowest BCUT2D eigenvalue weighted by Crippen LogP contribution is -2.22. The summed E-state index contributed by atoms with van der Waals surface area (Å²) >= 11 is 13.7. The summed E-state index contributed by atoms with van der Waals surface area (Å²) in [4.78, 5) is 2.36. The second-order valence-electron chi connectivity index (χ2n) is 6.35. The van der Waals surface area contributed by atoms with E-state index in [2.05, 4.69) is 19.7 Å². The Bertz CT molecular complexity index is 744. The maximum atomic E-state index is 6.13. The second-order valence-corrected chi connectivity index (χ2v) is 8.26. The van der Waals surface area contributed by atoms with Crippen LogP contribution in [0.2, 0.25) is 10.0 Å². The Balaban J connectivity index is 1.36. The van der Waals surface area contributed by atoms with Crippen LogP contribution in [-0.2, 0) is 0 Å². The van der Waals surface area contributed by atoms with Gasteiger partial charge in [-0.05, 0) is 43.9 Å². The molecule has 1 aromatic heterocycles. The molecule has 2 aromatic rings. The molecular formula is C17H20Cl2N4OS. The molecule has 1 saturated heterocycles. The van der Waals surface area contributed by atoms with E-state index in [1.807, 2.05) is 0 Å². The van der Waals surface area contributed by atoms with Crippen LogP contribution >= 0.6 is 35.0 Å². The molecule has 0 bridgehead atoms. The fourth-order valence-electron chi connectivity index (χ4n) is 3.03. The van der Waals surface area contributed by atoms with Crippen LogP contribution in [0, 0.1) is 0 Å². The van der Waals surface area contributed by atoms with Crippen molar-refractivity contribution < 1.29 is 4.74 Å². The van der Waals surface area contributed by atoms with Crippen LogP contribution in [0.5, 0.6) is 5.75 Å². The third-order valence-electron chi connectivity index (χ3n) is 4.41. The molecule has 0 atom stereocenters. The molecule has 1 saturated carbocycles. The van der Waals surface area contributed by atoms with E-state index in [1.165, 1.54) is 25.7 Å². The second kappa shape index (κ2) is 7.64. The van der Waals surface area contributed by atoms with Crippen molar-refractivity contribution in [3.8, 4) is 5.75 Å². The zero-order chi connectivity index (χ0) is 17.2. The van der Waals surface area contributed by atoms with Crippen LogP contribution in [-0.4, -0.2) is 40.2 Å². The van der Waals surface area contributed by atoms with E-state index < -0.39 is 0 Å². The first-order chi connectivity index (χ1) is 12.2. The van der Waals surface area contributed by atoms with Crippen molar-refractivity contribution in [2.24, 2.45) is 0 Å². The first-order valence-electron chi connectivity index (χ1n) is 8.63. The molecule has 0 amide bonds. The summed E-state index contributed by atoms with van der Waals surface area (Å²) in [6.07, 6.45) is 4.94. The number of anilines is 1. The monoisotopic (exact) mass is 398 g/mol. The number of hydrogen-bond donors (Lipinski definition) is 0. The highest BCUT2D eigenvalue weighted by Crippen LogP contribution is 2.41. The highest BCUT2D eigenvalue weighted by molar-refractivity contribution is 7.99. The van der Waals surface area contributed by atoms with Crippen molar-refractivity contribution in [2.45, 2.75) is 36.9 Å². The zero-order valence-corrected chi connectivity index (χ0v) is 16.2. The Hall–Kier alpha value is -1.11. The third-order valence-corrected chi connectivity index (χ3v) is 5.85. The Kier molecular flexibility index (Phi) is 5.29. The molecule has 1 aromatic carbocycles. The van der Waals surface area contributed by atoms with Crippen molar-refractivity contribution in [2.75, 3.05) is 30.3 Å². The normalized spacial score (nSPS) is 17.3. The molecule has 8 heteroatoms. The van der Waals surface area contributed by atoms with Gasteiger partial charge in [-0.15, -0.1) is 10.2 Å². The summed E-state index contributed by atoms with van der Waals surface area (Å²) in [6.45, 7) is 2.74. The molecule has 2 aliphatic rings. The number of aromatic nitrogens is 3. The molecule has 134 valence electrons. The van der Waals surface area contributed by atoms with E-state index in [4.69, 9.17) is 27.9 Å². The number of rotatable bonds is 7. The number of benzene rings is 1. The predicted octanol–water partition coefficient (Wildman–Crippen LogP) is 4.69. The van der Waals surface area contributed by atoms with Crippen LogP contribution in [0.25, 0.3) is 0 Å².